The molecule has 2 aliphatic rings. The summed E-state index contributed by atoms with van der Waals surface area (Å²) in [5, 5.41) is 12.8. The fraction of sp³-hybridized carbons (Fsp3) is 0.588. The molecule has 0 radical (unpaired) electrons. The number of methoxy groups -OCH3 is 1. The lowest BCUT2D eigenvalue weighted by Gasteiger charge is -2.27. The van der Waals surface area contributed by atoms with Crippen molar-refractivity contribution >= 4 is 5.91 Å². The van der Waals surface area contributed by atoms with Crippen molar-refractivity contribution in [1.82, 2.24) is 5.32 Å². The Morgan fingerprint density at radius 1 is 1.33 bits per heavy atom. The summed E-state index contributed by atoms with van der Waals surface area (Å²) in [5.74, 6) is 1.96. The largest absolute Gasteiger partial charge is 0.497 e. The summed E-state index contributed by atoms with van der Waals surface area (Å²) in [6, 6.07) is 7.32. The van der Waals surface area contributed by atoms with E-state index in [1.54, 1.807) is 19.2 Å². The van der Waals surface area contributed by atoms with Crippen LogP contribution in [0.5, 0.6) is 5.75 Å². The third-order valence-corrected chi connectivity index (χ3v) is 4.66. The van der Waals surface area contributed by atoms with Gasteiger partial charge in [0.05, 0.1) is 7.11 Å². The van der Waals surface area contributed by atoms with Crippen LogP contribution in [0.25, 0.3) is 0 Å². The first-order chi connectivity index (χ1) is 10.2. The first kappa shape index (κ1) is 14.4. The third kappa shape index (κ3) is 3.38. The summed E-state index contributed by atoms with van der Waals surface area (Å²) in [6.07, 6.45) is 4.69. The predicted molar refractivity (Wildman–Crippen MR) is 80.3 cm³/mol. The number of carbonyl (C=O) groups excluding carboxylic acids is 1. The molecule has 3 rings (SSSR count). The van der Waals surface area contributed by atoms with E-state index in [1.807, 2.05) is 12.1 Å². The number of benzene rings is 1. The molecule has 1 amide bonds. The number of hydrogen-bond donors (Lipinski definition) is 2. The van der Waals surface area contributed by atoms with Crippen LogP contribution < -0.4 is 10.1 Å². The van der Waals surface area contributed by atoms with Gasteiger partial charge in [-0.15, -0.1) is 0 Å². The summed E-state index contributed by atoms with van der Waals surface area (Å²) in [4.78, 5) is 12.5. The fourth-order valence-electron chi connectivity index (χ4n) is 3.11. The van der Waals surface area contributed by atoms with Gasteiger partial charge in [0.2, 0.25) is 0 Å². The molecule has 2 fully saturated rings. The van der Waals surface area contributed by atoms with E-state index in [1.165, 1.54) is 12.8 Å². The Morgan fingerprint density at radius 3 is 2.62 bits per heavy atom. The smallest absolute Gasteiger partial charge is 0.251 e. The molecule has 1 aromatic rings. The molecule has 2 N–H and O–H groups in total. The van der Waals surface area contributed by atoms with Gasteiger partial charge in [0.1, 0.15) is 5.75 Å². The summed E-state index contributed by atoms with van der Waals surface area (Å²) in [6.45, 7) is 0.171. The van der Waals surface area contributed by atoms with Gasteiger partial charge in [-0.25, -0.2) is 0 Å². The molecule has 4 heteroatoms. The standard InChI is InChI=1S/C17H23NO3/c1-21-14-4-2-3-13(9-14)17(20)18-16(12-7-8-12)15(10-19)11-5-6-11/h2-4,9,11-12,15-16,19H,5-8,10H2,1H3,(H,18,20). The Bertz CT molecular complexity index is 509. The van der Waals surface area contributed by atoms with Crippen LogP contribution in [0.2, 0.25) is 0 Å². The zero-order valence-corrected chi connectivity index (χ0v) is 12.4. The molecule has 1 aromatic carbocycles. The highest BCUT2D eigenvalue weighted by Gasteiger charge is 2.43. The van der Waals surface area contributed by atoms with Gasteiger partial charge in [-0.2, -0.15) is 0 Å². The normalized spacial score (nSPS) is 20.7. The Hall–Kier alpha value is -1.55. The number of ether oxygens (including phenoxy) is 1. The maximum Gasteiger partial charge on any atom is 0.251 e. The minimum Gasteiger partial charge on any atom is -0.497 e. The van der Waals surface area contributed by atoms with Gasteiger partial charge in [0.15, 0.2) is 0 Å². The van der Waals surface area contributed by atoms with Gasteiger partial charge in [-0.1, -0.05) is 6.07 Å². The van der Waals surface area contributed by atoms with Gasteiger partial charge in [-0.3, -0.25) is 4.79 Å². The molecule has 0 saturated heterocycles. The SMILES string of the molecule is COc1cccc(C(=O)NC(C2CC2)C(CO)C2CC2)c1. The summed E-state index contributed by atoms with van der Waals surface area (Å²) in [5.41, 5.74) is 0.618. The van der Waals surface area contributed by atoms with Crippen molar-refractivity contribution in [1.29, 1.82) is 0 Å². The molecule has 0 aliphatic heterocycles. The molecule has 0 aromatic heterocycles. The molecule has 0 spiro atoms. The van der Waals surface area contributed by atoms with Crippen LogP contribution in [0.4, 0.5) is 0 Å². The van der Waals surface area contributed by atoms with Crippen molar-refractivity contribution in [2.45, 2.75) is 31.7 Å². The molecular formula is C17H23NO3. The second-order valence-electron chi connectivity index (χ2n) is 6.25. The average molecular weight is 289 g/mol. The van der Waals surface area contributed by atoms with Crippen molar-refractivity contribution in [3.8, 4) is 5.75 Å². The molecular weight excluding hydrogens is 266 g/mol. The molecule has 2 unspecified atom stereocenters. The lowest BCUT2D eigenvalue weighted by Crippen LogP contribution is -2.44. The summed E-state index contributed by atoms with van der Waals surface area (Å²) in [7, 11) is 1.60. The summed E-state index contributed by atoms with van der Waals surface area (Å²) < 4.78 is 5.17. The van der Waals surface area contributed by atoms with E-state index in [-0.39, 0.29) is 24.5 Å². The van der Waals surface area contributed by atoms with Crippen LogP contribution >= 0.6 is 0 Å². The highest BCUT2D eigenvalue weighted by Crippen LogP contribution is 2.45. The van der Waals surface area contributed by atoms with Crippen LogP contribution in [-0.2, 0) is 0 Å². The van der Waals surface area contributed by atoms with E-state index < -0.39 is 0 Å². The van der Waals surface area contributed by atoms with E-state index in [4.69, 9.17) is 4.74 Å². The van der Waals surface area contributed by atoms with Gasteiger partial charge in [0.25, 0.3) is 5.91 Å². The minimum absolute atomic E-state index is 0.0649. The number of carbonyl (C=O) groups is 1. The lowest BCUT2D eigenvalue weighted by molar-refractivity contribution is 0.0878. The van der Waals surface area contributed by atoms with Crippen molar-refractivity contribution < 1.29 is 14.6 Å². The first-order valence-corrected chi connectivity index (χ1v) is 7.78. The predicted octanol–water partition coefficient (Wildman–Crippen LogP) is 2.22. The molecule has 2 aliphatic carbocycles. The molecule has 2 saturated carbocycles. The second kappa shape index (κ2) is 6.06. The molecule has 2 atom stereocenters. The second-order valence-corrected chi connectivity index (χ2v) is 6.25. The van der Waals surface area contributed by atoms with Crippen molar-refractivity contribution in [2.24, 2.45) is 17.8 Å². The zero-order chi connectivity index (χ0) is 14.8. The Kier molecular flexibility index (Phi) is 4.15. The Morgan fingerprint density at radius 2 is 2.05 bits per heavy atom. The van der Waals surface area contributed by atoms with E-state index in [9.17, 15) is 9.90 Å². The maximum atomic E-state index is 12.5. The number of aliphatic hydroxyl groups excluding tert-OH is 1. The van der Waals surface area contributed by atoms with Crippen LogP contribution in [0, 0.1) is 17.8 Å². The van der Waals surface area contributed by atoms with Crippen LogP contribution in [0.1, 0.15) is 36.0 Å². The highest BCUT2D eigenvalue weighted by atomic mass is 16.5. The average Bonchev–Trinajstić information content (AvgIpc) is 3.39. The van der Waals surface area contributed by atoms with E-state index in [0.29, 0.717) is 23.1 Å². The van der Waals surface area contributed by atoms with Crippen LogP contribution in [-0.4, -0.2) is 30.8 Å². The number of aliphatic hydroxyl groups is 1. The van der Waals surface area contributed by atoms with Crippen molar-refractivity contribution in [3.63, 3.8) is 0 Å². The topological polar surface area (TPSA) is 58.6 Å². The molecule has 0 heterocycles. The van der Waals surface area contributed by atoms with E-state index in [2.05, 4.69) is 5.32 Å². The molecule has 4 nitrogen and oxygen atoms in total. The Balaban J connectivity index is 1.71. The molecule has 21 heavy (non-hydrogen) atoms. The van der Waals surface area contributed by atoms with Gasteiger partial charge in [0, 0.05) is 24.1 Å². The number of nitrogens with one attached hydrogen (secondary N) is 1. The van der Waals surface area contributed by atoms with Crippen molar-refractivity contribution in [2.75, 3.05) is 13.7 Å². The van der Waals surface area contributed by atoms with Gasteiger partial charge < -0.3 is 15.2 Å². The van der Waals surface area contributed by atoms with E-state index in [0.717, 1.165) is 12.8 Å². The Labute approximate surface area is 125 Å². The fourth-order valence-corrected chi connectivity index (χ4v) is 3.11. The van der Waals surface area contributed by atoms with Crippen LogP contribution in [0.15, 0.2) is 24.3 Å². The molecule has 0 bridgehead atoms. The quantitative estimate of drug-likeness (QED) is 0.809. The maximum absolute atomic E-state index is 12.5. The number of hydrogen-bond acceptors (Lipinski definition) is 3. The number of rotatable bonds is 7. The number of amides is 1. The van der Waals surface area contributed by atoms with Gasteiger partial charge in [-0.05, 0) is 55.7 Å². The first-order valence-electron chi connectivity index (χ1n) is 7.78. The highest BCUT2D eigenvalue weighted by molar-refractivity contribution is 5.94. The molecule has 114 valence electrons. The monoisotopic (exact) mass is 289 g/mol. The third-order valence-electron chi connectivity index (χ3n) is 4.66. The van der Waals surface area contributed by atoms with E-state index >= 15 is 0 Å². The van der Waals surface area contributed by atoms with Crippen LogP contribution in [0.3, 0.4) is 0 Å². The van der Waals surface area contributed by atoms with Crippen molar-refractivity contribution in [3.05, 3.63) is 29.8 Å². The lowest BCUT2D eigenvalue weighted by atomic mass is 9.91. The minimum atomic E-state index is -0.0649. The van der Waals surface area contributed by atoms with Gasteiger partial charge >= 0.3 is 0 Å². The summed E-state index contributed by atoms with van der Waals surface area (Å²) >= 11 is 0. The zero-order valence-electron chi connectivity index (χ0n) is 12.4.